The van der Waals surface area contributed by atoms with Gasteiger partial charge in [-0.2, -0.15) is 0 Å². The van der Waals surface area contributed by atoms with E-state index < -0.39 is 7.75 Å². The Balaban J connectivity index is 3.80. The summed E-state index contributed by atoms with van der Waals surface area (Å²) in [6.07, 6.45) is 0. The largest absolute Gasteiger partial charge is 0.766 e. The second kappa shape index (κ2) is 1.92. The van der Waals surface area contributed by atoms with Crippen LogP contribution in [-0.4, -0.2) is 23.7 Å². The Morgan fingerprint density at radius 1 is 1.71 bits per heavy atom. The first-order valence-corrected chi connectivity index (χ1v) is 3.19. The molecule has 4 nitrogen and oxygen atoms in total. The van der Waals surface area contributed by atoms with Gasteiger partial charge in [-0.1, -0.05) is 0 Å². The molecule has 0 radical (unpaired) electrons. The smallest absolute Gasteiger partial charge is 0.203 e. The molecule has 0 heterocycles. The van der Waals surface area contributed by atoms with Gasteiger partial charge in [-0.3, -0.25) is 4.57 Å². The first-order chi connectivity index (χ1) is 2.94. The Bertz CT molecular complexity index is 95.1. The highest BCUT2D eigenvalue weighted by Crippen LogP contribution is 2.30. The van der Waals surface area contributed by atoms with Gasteiger partial charge < -0.3 is 9.79 Å². The zero-order valence-electron chi connectivity index (χ0n) is 4.16. The van der Waals surface area contributed by atoms with E-state index in [9.17, 15) is 9.46 Å². The van der Waals surface area contributed by atoms with Crippen molar-refractivity contribution in [1.29, 1.82) is 0 Å². The number of nitrogens with zero attached hydrogens (tertiary/aromatic N) is 1. The lowest BCUT2D eigenvalue weighted by Gasteiger charge is -2.22. The Kier molecular flexibility index (Phi) is 1.95. The molecule has 0 fully saturated rings. The molecule has 44 valence electrons. The second-order valence-corrected chi connectivity index (χ2v) is 3.12. The van der Waals surface area contributed by atoms with E-state index in [2.05, 4.69) is 0 Å². The third kappa shape index (κ3) is 2.76. The standard InChI is InChI=1S/C2H8NO3P/c1-3(2)7(4,5)6/h1-2H3,(H2,4,5,6)/p-1. The van der Waals surface area contributed by atoms with Crippen molar-refractivity contribution in [2.24, 2.45) is 0 Å². The lowest BCUT2D eigenvalue weighted by atomic mass is 11.3. The first-order valence-electron chi connectivity index (χ1n) is 1.66. The average Bonchev–Trinajstić information content (AvgIpc) is 1.31. The summed E-state index contributed by atoms with van der Waals surface area (Å²) in [5.41, 5.74) is 0. The molecule has 0 amide bonds. The summed E-state index contributed by atoms with van der Waals surface area (Å²) in [6.45, 7) is 0. The van der Waals surface area contributed by atoms with Gasteiger partial charge in [-0.25, -0.2) is 4.67 Å². The van der Waals surface area contributed by atoms with Crippen LogP contribution in [0.1, 0.15) is 0 Å². The number of hydrogen-bond donors (Lipinski definition) is 1. The minimum absolute atomic E-state index is 0.743. The van der Waals surface area contributed by atoms with Gasteiger partial charge in [-0.15, -0.1) is 0 Å². The van der Waals surface area contributed by atoms with Crippen LogP contribution in [0.4, 0.5) is 0 Å². The zero-order valence-corrected chi connectivity index (χ0v) is 5.05. The highest BCUT2D eigenvalue weighted by atomic mass is 31.2. The molecule has 0 rings (SSSR count). The molecule has 0 saturated carbocycles. The highest BCUT2D eigenvalue weighted by Gasteiger charge is 2.01. The molecule has 0 spiro atoms. The molecule has 0 aliphatic heterocycles. The summed E-state index contributed by atoms with van der Waals surface area (Å²) in [5.74, 6) is 0. The monoisotopic (exact) mass is 124 g/mol. The molecule has 0 bridgehead atoms. The predicted molar refractivity (Wildman–Crippen MR) is 23.5 cm³/mol. The summed E-state index contributed by atoms with van der Waals surface area (Å²) in [6, 6.07) is 0. The first kappa shape index (κ1) is 7.11. The number of rotatable bonds is 1. The summed E-state index contributed by atoms with van der Waals surface area (Å²) >= 11 is 0. The lowest BCUT2D eigenvalue weighted by molar-refractivity contribution is -0.205. The Labute approximate surface area is 42.0 Å². The van der Waals surface area contributed by atoms with E-state index >= 15 is 0 Å². The van der Waals surface area contributed by atoms with Crippen molar-refractivity contribution in [2.45, 2.75) is 0 Å². The predicted octanol–water partition coefficient (Wildman–Crippen LogP) is -0.991. The molecule has 1 atom stereocenters. The fourth-order valence-electron chi connectivity index (χ4n) is 0. The third-order valence-corrected chi connectivity index (χ3v) is 1.52. The SMILES string of the molecule is CN(C)P(=O)([O-])O. The normalized spacial score (nSPS) is 19.6. The van der Waals surface area contributed by atoms with Gasteiger partial charge in [-0.05, 0) is 14.1 Å². The molecule has 0 aromatic carbocycles. The van der Waals surface area contributed by atoms with E-state index in [4.69, 9.17) is 4.89 Å². The molecular weight excluding hydrogens is 117 g/mol. The van der Waals surface area contributed by atoms with Crippen LogP contribution >= 0.6 is 7.75 Å². The maximum absolute atomic E-state index is 9.84. The Hall–Kier alpha value is 0.110. The van der Waals surface area contributed by atoms with Crippen molar-refractivity contribution in [2.75, 3.05) is 14.1 Å². The van der Waals surface area contributed by atoms with Gasteiger partial charge in [0.2, 0.25) is 7.75 Å². The zero-order chi connectivity index (χ0) is 6.08. The van der Waals surface area contributed by atoms with Crippen LogP contribution in [0.2, 0.25) is 0 Å². The van der Waals surface area contributed by atoms with Crippen molar-refractivity contribution < 1.29 is 14.4 Å². The van der Waals surface area contributed by atoms with E-state index in [0.29, 0.717) is 0 Å². The molecule has 1 unspecified atom stereocenters. The van der Waals surface area contributed by atoms with Gasteiger partial charge in [0.05, 0.1) is 0 Å². The van der Waals surface area contributed by atoms with E-state index in [1.54, 1.807) is 0 Å². The second-order valence-electron chi connectivity index (χ2n) is 1.34. The maximum atomic E-state index is 9.84. The van der Waals surface area contributed by atoms with Crippen molar-refractivity contribution in [3.8, 4) is 0 Å². The Morgan fingerprint density at radius 3 is 1.86 bits per heavy atom. The maximum Gasteiger partial charge on any atom is 0.203 e. The Morgan fingerprint density at radius 2 is 1.86 bits per heavy atom. The van der Waals surface area contributed by atoms with Gasteiger partial charge in [0.25, 0.3) is 0 Å². The van der Waals surface area contributed by atoms with Crippen LogP contribution in [0, 0.1) is 0 Å². The summed E-state index contributed by atoms with van der Waals surface area (Å²) < 4.78 is 10.6. The lowest BCUT2D eigenvalue weighted by Crippen LogP contribution is -2.16. The van der Waals surface area contributed by atoms with E-state index in [1.807, 2.05) is 0 Å². The van der Waals surface area contributed by atoms with Crippen molar-refractivity contribution in [1.82, 2.24) is 4.67 Å². The molecule has 1 N–H and O–H groups in total. The summed E-state index contributed by atoms with van der Waals surface area (Å²) in [4.78, 5) is 17.9. The van der Waals surface area contributed by atoms with Crippen molar-refractivity contribution >= 4 is 7.75 Å². The molecule has 0 aliphatic carbocycles. The fourth-order valence-corrected chi connectivity index (χ4v) is 0. The van der Waals surface area contributed by atoms with E-state index in [1.165, 1.54) is 14.1 Å². The topological polar surface area (TPSA) is 63.6 Å². The minimum atomic E-state index is -4.15. The van der Waals surface area contributed by atoms with Gasteiger partial charge in [0.15, 0.2) is 0 Å². The van der Waals surface area contributed by atoms with Crippen LogP contribution in [0.15, 0.2) is 0 Å². The average molecular weight is 124 g/mol. The quantitative estimate of drug-likeness (QED) is 0.456. The summed E-state index contributed by atoms with van der Waals surface area (Å²) in [5, 5.41) is 0. The van der Waals surface area contributed by atoms with Gasteiger partial charge in [0, 0.05) is 0 Å². The van der Waals surface area contributed by atoms with Crippen molar-refractivity contribution in [3.63, 3.8) is 0 Å². The van der Waals surface area contributed by atoms with Gasteiger partial charge in [0.1, 0.15) is 0 Å². The van der Waals surface area contributed by atoms with Crippen LogP contribution in [0.25, 0.3) is 0 Å². The number of hydrogen-bond acceptors (Lipinski definition) is 2. The molecule has 0 aromatic heterocycles. The van der Waals surface area contributed by atoms with Crippen LogP contribution in [-0.2, 0) is 4.57 Å². The molecule has 5 heteroatoms. The van der Waals surface area contributed by atoms with Crippen LogP contribution < -0.4 is 4.89 Å². The van der Waals surface area contributed by atoms with Crippen molar-refractivity contribution in [3.05, 3.63) is 0 Å². The molecule has 7 heavy (non-hydrogen) atoms. The molecule has 0 saturated heterocycles. The molecule has 0 aliphatic rings. The van der Waals surface area contributed by atoms with Crippen LogP contribution in [0.5, 0.6) is 0 Å². The fraction of sp³-hybridized carbons (Fsp3) is 1.00. The molecular formula is C2H7NO3P-. The van der Waals surface area contributed by atoms with Crippen LogP contribution in [0.3, 0.4) is 0 Å². The minimum Gasteiger partial charge on any atom is -0.766 e. The molecule has 0 aromatic rings. The van der Waals surface area contributed by atoms with E-state index in [-0.39, 0.29) is 0 Å². The van der Waals surface area contributed by atoms with Gasteiger partial charge >= 0.3 is 0 Å². The summed E-state index contributed by atoms with van der Waals surface area (Å²) in [7, 11) is -1.64. The van der Waals surface area contributed by atoms with E-state index in [0.717, 1.165) is 4.67 Å². The third-order valence-electron chi connectivity index (χ3n) is 0.505. The highest BCUT2D eigenvalue weighted by molar-refractivity contribution is 7.47.